The number of carboxylic acid groups (broad SMARTS) is 1. The predicted octanol–water partition coefficient (Wildman–Crippen LogP) is 1.94. The van der Waals surface area contributed by atoms with Crippen LogP contribution in [0.25, 0.3) is 10.9 Å². The van der Waals surface area contributed by atoms with Crippen LogP contribution in [-0.4, -0.2) is 22.2 Å². The van der Waals surface area contributed by atoms with Gasteiger partial charge in [0.25, 0.3) is 0 Å². The lowest BCUT2D eigenvalue weighted by molar-refractivity contribution is -0.136. The van der Waals surface area contributed by atoms with E-state index in [1.165, 1.54) is 6.07 Å². The molecule has 0 aliphatic heterocycles. The summed E-state index contributed by atoms with van der Waals surface area (Å²) in [4.78, 5) is 25.5. The molecule has 100 valence electrons. The third kappa shape index (κ3) is 3.13. The van der Waals surface area contributed by atoms with Crippen molar-refractivity contribution in [3.05, 3.63) is 40.2 Å². The van der Waals surface area contributed by atoms with Crippen molar-refractivity contribution >= 4 is 16.9 Å². The van der Waals surface area contributed by atoms with Gasteiger partial charge in [0, 0.05) is 22.7 Å². The van der Waals surface area contributed by atoms with E-state index in [-0.39, 0.29) is 18.0 Å². The zero-order valence-electron chi connectivity index (χ0n) is 10.8. The first-order valence-corrected chi connectivity index (χ1v) is 6.00. The number of rotatable bonds is 4. The minimum absolute atomic E-state index is 0.0304. The first kappa shape index (κ1) is 13.1. The molecule has 0 saturated heterocycles. The average molecular weight is 261 g/mol. The van der Waals surface area contributed by atoms with Crippen LogP contribution in [0.15, 0.2) is 29.1 Å². The fourth-order valence-corrected chi connectivity index (χ4v) is 1.88. The highest BCUT2D eigenvalue weighted by Gasteiger charge is 2.07. The van der Waals surface area contributed by atoms with Gasteiger partial charge >= 0.3 is 5.97 Å². The van der Waals surface area contributed by atoms with E-state index in [4.69, 9.17) is 9.84 Å². The van der Waals surface area contributed by atoms with Crippen molar-refractivity contribution in [2.24, 2.45) is 0 Å². The molecule has 0 saturated carbocycles. The van der Waals surface area contributed by atoms with Crippen molar-refractivity contribution in [3.63, 3.8) is 0 Å². The maximum absolute atomic E-state index is 12.0. The van der Waals surface area contributed by atoms with Gasteiger partial charge in [-0.3, -0.25) is 9.59 Å². The standard InChI is InChI=1S/C14H15NO4/c1-8(2)19-10-3-4-12-11(7-10)13(16)5-9(15-12)6-14(17)18/h3-5,7-8H,6H2,1-2H3,(H,15,16)(H,17,18). The number of carboxylic acids is 1. The molecule has 0 unspecified atom stereocenters. The number of aliphatic carboxylic acids is 1. The maximum Gasteiger partial charge on any atom is 0.309 e. The van der Waals surface area contributed by atoms with E-state index < -0.39 is 5.97 Å². The number of pyridine rings is 1. The second kappa shape index (κ2) is 5.14. The highest BCUT2D eigenvalue weighted by molar-refractivity contribution is 5.81. The van der Waals surface area contributed by atoms with Crippen molar-refractivity contribution in [1.82, 2.24) is 4.98 Å². The summed E-state index contributed by atoms with van der Waals surface area (Å²) in [6.45, 7) is 3.81. The number of carbonyl (C=O) groups is 1. The van der Waals surface area contributed by atoms with E-state index in [9.17, 15) is 9.59 Å². The Hall–Kier alpha value is -2.30. The van der Waals surface area contributed by atoms with Crippen molar-refractivity contribution in [2.45, 2.75) is 26.4 Å². The number of ether oxygens (including phenoxy) is 1. The molecule has 2 N–H and O–H groups in total. The van der Waals surface area contributed by atoms with Gasteiger partial charge in [0.1, 0.15) is 5.75 Å². The number of aromatic amines is 1. The van der Waals surface area contributed by atoms with Gasteiger partial charge < -0.3 is 14.8 Å². The van der Waals surface area contributed by atoms with Crippen LogP contribution >= 0.6 is 0 Å². The molecular weight excluding hydrogens is 246 g/mol. The Morgan fingerprint density at radius 1 is 1.37 bits per heavy atom. The lowest BCUT2D eigenvalue weighted by Crippen LogP contribution is -2.10. The Balaban J connectivity index is 2.47. The largest absolute Gasteiger partial charge is 0.491 e. The quantitative estimate of drug-likeness (QED) is 0.881. The Labute approximate surface area is 109 Å². The SMILES string of the molecule is CC(C)Oc1ccc2[nH]c(CC(=O)O)cc(=O)c2c1. The van der Waals surface area contributed by atoms with Crippen LogP contribution in [-0.2, 0) is 11.2 Å². The number of fused-ring (bicyclic) bond motifs is 1. The van der Waals surface area contributed by atoms with Gasteiger partial charge in [-0.25, -0.2) is 0 Å². The summed E-state index contributed by atoms with van der Waals surface area (Å²) in [5, 5.41) is 9.22. The zero-order chi connectivity index (χ0) is 14.0. The minimum atomic E-state index is -0.977. The van der Waals surface area contributed by atoms with Crippen LogP contribution in [0.2, 0.25) is 0 Å². The van der Waals surface area contributed by atoms with Crippen molar-refractivity contribution in [2.75, 3.05) is 0 Å². The van der Waals surface area contributed by atoms with Crippen molar-refractivity contribution in [3.8, 4) is 5.75 Å². The van der Waals surface area contributed by atoms with E-state index in [1.54, 1.807) is 18.2 Å². The average Bonchev–Trinajstić information content (AvgIpc) is 2.28. The second-order valence-electron chi connectivity index (χ2n) is 4.60. The van der Waals surface area contributed by atoms with Crippen LogP contribution in [0.4, 0.5) is 0 Å². The molecule has 0 aliphatic rings. The molecule has 2 rings (SSSR count). The number of H-pyrrole nitrogens is 1. The molecule has 0 atom stereocenters. The predicted molar refractivity (Wildman–Crippen MR) is 71.7 cm³/mol. The summed E-state index contributed by atoms with van der Waals surface area (Å²) in [5.41, 5.74) is 0.793. The molecule has 0 spiro atoms. The summed E-state index contributed by atoms with van der Waals surface area (Å²) < 4.78 is 5.53. The third-order valence-electron chi connectivity index (χ3n) is 2.57. The summed E-state index contributed by atoms with van der Waals surface area (Å²) in [6.07, 6.45) is -0.169. The number of nitrogens with one attached hydrogen (secondary N) is 1. The first-order chi connectivity index (χ1) is 8.95. The monoisotopic (exact) mass is 261 g/mol. The number of benzene rings is 1. The van der Waals surface area contributed by atoms with Crippen LogP contribution in [0, 0.1) is 0 Å². The maximum atomic E-state index is 12.0. The molecular formula is C14H15NO4. The Bertz CT molecular complexity index is 673. The minimum Gasteiger partial charge on any atom is -0.491 e. The molecule has 5 nitrogen and oxygen atoms in total. The first-order valence-electron chi connectivity index (χ1n) is 6.00. The Morgan fingerprint density at radius 2 is 2.11 bits per heavy atom. The Kier molecular flexibility index (Phi) is 3.55. The highest BCUT2D eigenvalue weighted by Crippen LogP contribution is 2.18. The number of hydrogen-bond acceptors (Lipinski definition) is 3. The lowest BCUT2D eigenvalue weighted by atomic mass is 10.1. The smallest absolute Gasteiger partial charge is 0.309 e. The summed E-state index contributed by atoms with van der Waals surface area (Å²) in [6, 6.07) is 6.46. The van der Waals surface area contributed by atoms with Gasteiger partial charge in [-0.1, -0.05) is 0 Å². The fraction of sp³-hybridized carbons (Fsp3) is 0.286. The topological polar surface area (TPSA) is 79.4 Å². The lowest BCUT2D eigenvalue weighted by Gasteiger charge is -2.10. The molecule has 1 heterocycles. The molecule has 5 heteroatoms. The molecule has 19 heavy (non-hydrogen) atoms. The molecule has 1 aromatic carbocycles. The molecule has 0 aliphatic carbocycles. The van der Waals surface area contributed by atoms with Crippen LogP contribution in [0.3, 0.4) is 0 Å². The third-order valence-corrected chi connectivity index (χ3v) is 2.57. The normalized spacial score (nSPS) is 10.9. The van der Waals surface area contributed by atoms with Gasteiger partial charge in [-0.2, -0.15) is 0 Å². The van der Waals surface area contributed by atoms with Crippen LogP contribution < -0.4 is 10.2 Å². The van der Waals surface area contributed by atoms with Crippen LogP contribution in [0.1, 0.15) is 19.5 Å². The molecule has 0 radical (unpaired) electrons. The summed E-state index contributed by atoms with van der Waals surface area (Å²) in [5.74, 6) is -0.353. The summed E-state index contributed by atoms with van der Waals surface area (Å²) in [7, 11) is 0. The van der Waals surface area contributed by atoms with Gasteiger partial charge in [-0.15, -0.1) is 0 Å². The van der Waals surface area contributed by atoms with Gasteiger partial charge in [0.2, 0.25) is 0 Å². The van der Waals surface area contributed by atoms with E-state index in [0.29, 0.717) is 22.3 Å². The van der Waals surface area contributed by atoms with E-state index >= 15 is 0 Å². The number of hydrogen-bond donors (Lipinski definition) is 2. The van der Waals surface area contributed by atoms with E-state index in [0.717, 1.165) is 0 Å². The molecule has 2 aromatic rings. The summed E-state index contributed by atoms with van der Waals surface area (Å²) >= 11 is 0. The van der Waals surface area contributed by atoms with Crippen molar-refractivity contribution < 1.29 is 14.6 Å². The van der Waals surface area contributed by atoms with Gasteiger partial charge in [-0.05, 0) is 32.0 Å². The molecule has 1 aromatic heterocycles. The molecule has 0 bridgehead atoms. The van der Waals surface area contributed by atoms with Crippen molar-refractivity contribution in [1.29, 1.82) is 0 Å². The van der Waals surface area contributed by atoms with Gasteiger partial charge in [0.05, 0.1) is 12.5 Å². The zero-order valence-corrected chi connectivity index (χ0v) is 10.8. The Morgan fingerprint density at radius 3 is 2.74 bits per heavy atom. The molecule has 0 fully saturated rings. The van der Waals surface area contributed by atoms with E-state index in [1.807, 2.05) is 13.8 Å². The van der Waals surface area contributed by atoms with Gasteiger partial charge in [0.15, 0.2) is 5.43 Å². The molecule has 0 amide bonds. The van der Waals surface area contributed by atoms with E-state index in [2.05, 4.69) is 4.98 Å². The highest BCUT2D eigenvalue weighted by atomic mass is 16.5. The second-order valence-corrected chi connectivity index (χ2v) is 4.60. The fourth-order valence-electron chi connectivity index (χ4n) is 1.88. The van der Waals surface area contributed by atoms with Crippen LogP contribution in [0.5, 0.6) is 5.75 Å². The number of aromatic nitrogens is 1.